The topological polar surface area (TPSA) is 32.3 Å². The molecule has 0 saturated heterocycles. The fourth-order valence-corrected chi connectivity index (χ4v) is 2.91. The molecule has 0 aromatic carbocycles. The first-order chi connectivity index (χ1) is 6.29. The Bertz CT molecular complexity index is 171. The quantitative estimate of drug-likeness (QED) is 0.690. The van der Waals surface area contributed by atoms with E-state index in [4.69, 9.17) is 5.11 Å². The molecule has 0 heterocycles. The minimum atomic E-state index is 0.313. The van der Waals surface area contributed by atoms with Gasteiger partial charge in [0.2, 0.25) is 0 Å². The molecule has 0 aromatic heterocycles. The van der Waals surface area contributed by atoms with Crippen molar-refractivity contribution in [1.29, 1.82) is 0 Å². The molecule has 76 valence electrons. The van der Waals surface area contributed by atoms with Crippen LogP contribution < -0.4 is 5.32 Å². The van der Waals surface area contributed by atoms with E-state index in [0.29, 0.717) is 12.5 Å². The molecule has 2 nitrogen and oxygen atoms in total. The summed E-state index contributed by atoms with van der Waals surface area (Å²) in [4.78, 5) is 0. The zero-order chi connectivity index (χ0) is 9.26. The predicted molar refractivity (Wildman–Crippen MR) is 53.5 cm³/mol. The average molecular weight is 183 g/mol. The Morgan fingerprint density at radius 2 is 2.23 bits per heavy atom. The van der Waals surface area contributed by atoms with Gasteiger partial charge >= 0.3 is 0 Å². The summed E-state index contributed by atoms with van der Waals surface area (Å²) in [5.74, 6) is 2.39. The summed E-state index contributed by atoms with van der Waals surface area (Å²) in [6.07, 6.45) is 5.77. The predicted octanol–water partition coefficient (Wildman–Crippen LogP) is 1.39. The normalized spacial score (nSPS) is 39.7. The van der Waals surface area contributed by atoms with E-state index in [1.807, 2.05) is 0 Å². The minimum absolute atomic E-state index is 0.313. The Hall–Kier alpha value is -0.0800. The number of fused-ring (bicyclic) bond motifs is 2. The minimum Gasteiger partial charge on any atom is -0.396 e. The molecular formula is C11H21NO. The SMILES string of the molecule is CC(CO)CNC1CC2CCC1C2. The molecule has 2 saturated carbocycles. The zero-order valence-electron chi connectivity index (χ0n) is 8.50. The van der Waals surface area contributed by atoms with E-state index in [-0.39, 0.29) is 0 Å². The van der Waals surface area contributed by atoms with Crippen LogP contribution in [0.25, 0.3) is 0 Å². The van der Waals surface area contributed by atoms with E-state index in [1.165, 1.54) is 25.7 Å². The fraction of sp³-hybridized carbons (Fsp3) is 1.00. The fourth-order valence-electron chi connectivity index (χ4n) is 2.91. The highest BCUT2D eigenvalue weighted by atomic mass is 16.3. The van der Waals surface area contributed by atoms with Crippen LogP contribution in [-0.2, 0) is 0 Å². The molecule has 4 unspecified atom stereocenters. The molecule has 2 heteroatoms. The van der Waals surface area contributed by atoms with Crippen molar-refractivity contribution in [3.8, 4) is 0 Å². The second-order valence-electron chi connectivity index (χ2n) is 4.98. The van der Waals surface area contributed by atoms with Gasteiger partial charge in [0.1, 0.15) is 0 Å². The molecule has 0 radical (unpaired) electrons. The number of aliphatic hydroxyl groups is 1. The zero-order valence-corrected chi connectivity index (χ0v) is 8.50. The number of hydrogen-bond acceptors (Lipinski definition) is 2. The van der Waals surface area contributed by atoms with E-state index >= 15 is 0 Å². The largest absolute Gasteiger partial charge is 0.396 e. The summed E-state index contributed by atoms with van der Waals surface area (Å²) in [5.41, 5.74) is 0. The maximum absolute atomic E-state index is 8.90. The van der Waals surface area contributed by atoms with Crippen molar-refractivity contribution < 1.29 is 5.11 Å². The van der Waals surface area contributed by atoms with Crippen LogP contribution in [0.5, 0.6) is 0 Å². The highest BCUT2D eigenvalue weighted by molar-refractivity contribution is 4.94. The van der Waals surface area contributed by atoms with Crippen molar-refractivity contribution in [2.75, 3.05) is 13.2 Å². The van der Waals surface area contributed by atoms with E-state index in [1.54, 1.807) is 0 Å². The molecule has 0 aliphatic heterocycles. The molecule has 13 heavy (non-hydrogen) atoms. The van der Waals surface area contributed by atoms with Gasteiger partial charge in [0.05, 0.1) is 0 Å². The summed E-state index contributed by atoms with van der Waals surface area (Å²) in [5, 5.41) is 12.5. The summed E-state index contributed by atoms with van der Waals surface area (Å²) in [6.45, 7) is 3.40. The van der Waals surface area contributed by atoms with Gasteiger partial charge in [-0.05, 0) is 37.0 Å². The Morgan fingerprint density at radius 3 is 2.77 bits per heavy atom. The molecule has 2 aliphatic carbocycles. The molecule has 0 spiro atoms. The van der Waals surface area contributed by atoms with Crippen LogP contribution in [-0.4, -0.2) is 24.3 Å². The summed E-state index contributed by atoms with van der Waals surface area (Å²) in [6, 6.07) is 0.771. The van der Waals surface area contributed by atoms with E-state index in [2.05, 4.69) is 12.2 Å². The van der Waals surface area contributed by atoms with Crippen LogP contribution in [0.4, 0.5) is 0 Å². The molecule has 2 aliphatic rings. The lowest BCUT2D eigenvalue weighted by Gasteiger charge is -2.24. The second kappa shape index (κ2) is 3.97. The third-order valence-corrected chi connectivity index (χ3v) is 3.78. The lowest BCUT2D eigenvalue weighted by molar-refractivity contribution is 0.223. The van der Waals surface area contributed by atoms with Crippen molar-refractivity contribution in [1.82, 2.24) is 5.32 Å². The van der Waals surface area contributed by atoms with E-state index < -0.39 is 0 Å². The first-order valence-electron chi connectivity index (χ1n) is 5.64. The van der Waals surface area contributed by atoms with Crippen molar-refractivity contribution in [2.24, 2.45) is 17.8 Å². The molecular weight excluding hydrogens is 162 g/mol. The highest BCUT2D eigenvalue weighted by Gasteiger charge is 2.38. The van der Waals surface area contributed by atoms with Gasteiger partial charge in [-0.1, -0.05) is 13.3 Å². The lowest BCUT2D eigenvalue weighted by atomic mass is 9.95. The van der Waals surface area contributed by atoms with Crippen molar-refractivity contribution in [3.05, 3.63) is 0 Å². The van der Waals surface area contributed by atoms with Gasteiger partial charge in [0.15, 0.2) is 0 Å². The van der Waals surface area contributed by atoms with Crippen LogP contribution in [0, 0.1) is 17.8 Å². The molecule has 2 bridgehead atoms. The standard InChI is InChI=1S/C11H21NO/c1-8(7-13)6-12-11-5-9-2-3-10(11)4-9/h8-13H,2-7H2,1H3. The summed E-state index contributed by atoms with van der Waals surface area (Å²) < 4.78 is 0. The van der Waals surface area contributed by atoms with Crippen molar-refractivity contribution in [2.45, 2.75) is 38.6 Å². The van der Waals surface area contributed by atoms with Gasteiger partial charge in [-0.15, -0.1) is 0 Å². The third kappa shape index (κ3) is 2.05. The Labute approximate surface area is 80.7 Å². The maximum atomic E-state index is 8.90. The molecule has 2 rings (SSSR count). The number of hydrogen-bond donors (Lipinski definition) is 2. The van der Waals surface area contributed by atoms with Crippen LogP contribution in [0.15, 0.2) is 0 Å². The monoisotopic (exact) mass is 183 g/mol. The maximum Gasteiger partial charge on any atom is 0.0468 e. The number of nitrogens with one attached hydrogen (secondary N) is 1. The van der Waals surface area contributed by atoms with Crippen molar-refractivity contribution in [3.63, 3.8) is 0 Å². The van der Waals surface area contributed by atoms with Crippen LogP contribution >= 0.6 is 0 Å². The molecule has 2 N–H and O–H groups in total. The van der Waals surface area contributed by atoms with Gasteiger partial charge < -0.3 is 10.4 Å². The second-order valence-corrected chi connectivity index (χ2v) is 4.98. The molecule has 0 aromatic rings. The van der Waals surface area contributed by atoms with E-state index in [0.717, 1.165) is 24.4 Å². The highest BCUT2D eigenvalue weighted by Crippen LogP contribution is 2.44. The van der Waals surface area contributed by atoms with Crippen LogP contribution in [0.2, 0.25) is 0 Å². The Balaban J connectivity index is 1.71. The van der Waals surface area contributed by atoms with Crippen molar-refractivity contribution >= 4 is 0 Å². The smallest absolute Gasteiger partial charge is 0.0468 e. The first-order valence-corrected chi connectivity index (χ1v) is 5.64. The van der Waals surface area contributed by atoms with Gasteiger partial charge in [-0.3, -0.25) is 0 Å². The van der Waals surface area contributed by atoms with Gasteiger partial charge in [0, 0.05) is 19.2 Å². The lowest BCUT2D eigenvalue weighted by Crippen LogP contribution is -2.37. The average Bonchev–Trinajstić information content (AvgIpc) is 2.74. The molecule has 2 fully saturated rings. The Morgan fingerprint density at radius 1 is 1.38 bits per heavy atom. The third-order valence-electron chi connectivity index (χ3n) is 3.78. The van der Waals surface area contributed by atoms with Crippen LogP contribution in [0.3, 0.4) is 0 Å². The summed E-state index contributed by atoms with van der Waals surface area (Å²) >= 11 is 0. The molecule has 4 atom stereocenters. The summed E-state index contributed by atoms with van der Waals surface area (Å²) in [7, 11) is 0. The first kappa shape index (κ1) is 9.47. The number of rotatable bonds is 4. The van der Waals surface area contributed by atoms with Gasteiger partial charge in [-0.25, -0.2) is 0 Å². The number of aliphatic hydroxyl groups excluding tert-OH is 1. The van der Waals surface area contributed by atoms with E-state index in [9.17, 15) is 0 Å². The van der Waals surface area contributed by atoms with Gasteiger partial charge in [0.25, 0.3) is 0 Å². The van der Waals surface area contributed by atoms with Gasteiger partial charge in [-0.2, -0.15) is 0 Å². The Kier molecular flexibility index (Phi) is 2.89. The molecule has 0 amide bonds. The van der Waals surface area contributed by atoms with Crippen LogP contribution in [0.1, 0.15) is 32.6 Å².